The van der Waals surface area contributed by atoms with E-state index in [1.807, 2.05) is 0 Å². The monoisotopic (exact) mass is 212 g/mol. The van der Waals surface area contributed by atoms with Gasteiger partial charge in [-0.2, -0.15) is 0 Å². The predicted octanol–water partition coefficient (Wildman–Crippen LogP) is 1.10. The van der Waals surface area contributed by atoms with Crippen LogP contribution in [0.2, 0.25) is 0 Å². The van der Waals surface area contributed by atoms with Crippen LogP contribution in [0.1, 0.15) is 26.7 Å². The molecule has 2 heterocycles. The van der Waals surface area contributed by atoms with Crippen LogP contribution in [0.4, 0.5) is 0 Å². The minimum absolute atomic E-state index is 0.619. The van der Waals surface area contributed by atoms with E-state index in [-0.39, 0.29) is 0 Å². The minimum Gasteiger partial charge on any atom is -0.380 e. The molecular formula is C12H24N2O. The van der Waals surface area contributed by atoms with Crippen molar-refractivity contribution in [2.45, 2.75) is 38.8 Å². The molecule has 15 heavy (non-hydrogen) atoms. The normalized spacial score (nSPS) is 33.0. The summed E-state index contributed by atoms with van der Waals surface area (Å²) in [4.78, 5) is 2.62. The summed E-state index contributed by atoms with van der Waals surface area (Å²) in [7, 11) is 0. The van der Waals surface area contributed by atoms with E-state index in [9.17, 15) is 0 Å². The van der Waals surface area contributed by atoms with Gasteiger partial charge in [-0.25, -0.2) is 0 Å². The Labute approximate surface area is 93.2 Å². The molecule has 0 radical (unpaired) electrons. The van der Waals surface area contributed by atoms with Crippen molar-refractivity contribution < 1.29 is 4.74 Å². The first-order chi connectivity index (χ1) is 7.25. The molecule has 0 amide bonds. The third-order valence-electron chi connectivity index (χ3n) is 3.55. The van der Waals surface area contributed by atoms with Crippen molar-refractivity contribution in [2.75, 3.05) is 32.8 Å². The van der Waals surface area contributed by atoms with Crippen LogP contribution < -0.4 is 5.32 Å². The highest BCUT2D eigenvalue weighted by molar-refractivity contribution is 4.84. The predicted molar refractivity (Wildman–Crippen MR) is 62.0 cm³/mol. The summed E-state index contributed by atoms with van der Waals surface area (Å²) >= 11 is 0. The lowest BCUT2D eigenvalue weighted by atomic mass is 10.1. The van der Waals surface area contributed by atoms with Crippen LogP contribution in [0.15, 0.2) is 0 Å². The quantitative estimate of drug-likeness (QED) is 0.755. The van der Waals surface area contributed by atoms with E-state index in [0.717, 1.165) is 19.1 Å². The van der Waals surface area contributed by atoms with Crippen molar-refractivity contribution in [3.63, 3.8) is 0 Å². The number of ether oxygens (including phenoxy) is 1. The molecule has 0 aromatic heterocycles. The van der Waals surface area contributed by atoms with Crippen molar-refractivity contribution in [1.82, 2.24) is 10.2 Å². The Morgan fingerprint density at radius 2 is 2.27 bits per heavy atom. The van der Waals surface area contributed by atoms with E-state index in [2.05, 4.69) is 24.1 Å². The van der Waals surface area contributed by atoms with Crippen molar-refractivity contribution in [2.24, 2.45) is 5.92 Å². The molecule has 0 aromatic rings. The Hall–Kier alpha value is -0.120. The maximum absolute atomic E-state index is 5.45. The second kappa shape index (κ2) is 5.28. The second-order valence-electron chi connectivity index (χ2n) is 5.23. The summed E-state index contributed by atoms with van der Waals surface area (Å²) in [5.41, 5.74) is 0. The first kappa shape index (κ1) is 11.4. The van der Waals surface area contributed by atoms with Crippen molar-refractivity contribution in [3.8, 4) is 0 Å². The third-order valence-corrected chi connectivity index (χ3v) is 3.55. The molecule has 3 heteroatoms. The number of nitrogens with one attached hydrogen (secondary N) is 1. The molecule has 1 N–H and O–H groups in total. The molecule has 2 aliphatic rings. The van der Waals surface area contributed by atoms with Gasteiger partial charge in [-0.1, -0.05) is 13.8 Å². The lowest BCUT2D eigenvalue weighted by Crippen LogP contribution is -2.35. The lowest BCUT2D eigenvalue weighted by Gasteiger charge is -2.22. The smallest absolute Gasteiger partial charge is 0.0622 e. The van der Waals surface area contributed by atoms with Crippen LogP contribution >= 0.6 is 0 Å². The maximum atomic E-state index is 5.45. The number of nitrogens with zero attached hydrogens (tertiary/aromatic N) is 1. The van der Waals surface area contributed by atoms with Crippen molar-refractivity contribution in [1.29, 1.82) is 0 Å². The van der Waals surface area contributed by atoms with Gasteiger partial charge in [-0.3, -0.25) is 4.90 Å². The first-order valence-corrected chi connectivity index (χ1v) is 6.31. The van der Waals surface area contributed by atoms with E-state index in [1.165, 1.54) is 32.5 Å². The van der Waals surface area contributed by atoms with Crippen LogP contribution in [-0.2, 0) is 4.74 Å². The zero-order chi connectivity index (χ0) is 10.7. The van der Waals surface area contributed by atoms with Gasteiger partial charge in [0.2, 0.25) is 0 Å². The van der Waals surface area contributed by atoms with Gasteiger partial charge >= 0.3 is 0 Å². The SMILES string of the molecule is CC(C)NCC1CCN(C2CCOC2)C1. The Bertz CT molecular complexity index is 190. The van der Waals surface area contributed by atoms with Gasteiger partial charge in [0.1, 0.15) is 0 Å². The zero-order valence-electron chi connectivity index (χ0n) is 10.0. The topological polar surface area (TPSA) is 24.5 Å². The maximum Gasteiger partial charge on any atom is 0.0622 e. The van der Waals surface area contributed by atoms with Crippen molar-refractivity contribution in [3.05, 3.63) is 0 Å². The van der Waals surface area contributed by atoms with Crippen LogP contribution in [0, 0.1) is 5.92 Å². The van der Waals surface area contributed by atoms with Crippen LogP contribution in [0.25, 0.3) is 0 Å². The molecule has 0 aromatic carbocycles. The first-order valence-electron chi connectivity index (χ1n) is 6.31. The summed E-state index contributed by atoms with van der Waals surface area (Å²) < 4.78 is 5.45. The summed E-state index contributed by atoms with van der Waals surface area (Å²) in [5.74, 6) is 0.855. The number of hydrogen-bond donors (Lipinski definition) is 1. The number of rotatable bonds is 4. The molecule has 3 nitrogen and oxygen atoms in total. The standard InChI is InChI=1S/C12H24N2O/c1-10(2)13-7-11-3-5-14(8-11)12-4-6-15-9-12/h10-13H,3-9H2,1-2H3. The molecule has 88 valence electrons. The van der Waals surface area contributed by atoms with Gasteiger partial charge in [-0.15, -0.1) is 0 Å². The van der Waals surface area contributed by atoms with E-state index in [4.69, 9.17) is 4.74 Å². The van der Waals surface area contributed by atoms with Crippen molar-refractivity contribution >= 4 is 0 Å². The highest BCUT2D eigenvalue weighted by Gasteiger charge is 2.30. The molecular weight excluding hydrogens is 188 g/mol. The number of hydrogen-bond acceptors (Lipinski definition) is 3. The summed E-state index contributed by atoms with van der Waals surface area (Å²) in [6.45, 7) is 10.1. The molecule has 2 aliphatic heterocycles. The Kier molecular flexibility index (Phi) is 4.00. The van der Waals surface area contributed by atoms with Gasteiger partial charge in [0.05, 0.1) is 6.61 Å². The summed E-state index contributed by atoms with van der Waals surface area (Å²) in [5, 5.41) is 3.54. The van der Waals surface area contributed by atoms with Gasteiger partial charge in [0.25, 0.3) is 0 Å². The lowest BCUT2D eigenvalue weighted by molar-refractivity contribution is 0.156. The van der Waals surface area contributed by atoms with E-state index >= 15 is 0 Å². The number of likely N-dealkylation sites (tertiary alicyclic amines) is 1. The summed E-state index contributed by atoms with van der Waals surface area (Å²) in [6, 6.07) is 1.34. The van der Waals surface area contributed by atoms with E-state index in [0.29, 0.717) is 12.1 Å². The van der Waals surface area contributed by atoms with Gasteiger partial charge in [-0.05, 0) is 31.8 Å². The summed E-state index contributed by atoms with van der Waals surface area (Å²) in [6.07, 6.45) is 2.60. The highest BCUT2D eigenvalue weighted by Crippen LogP contribution is 2.22. The molecule has 0 aliphatic carbocycles. The Morgan fingerprint density at radius 3 is 2.93 bits per heavy atom. The molecule has 2 unspecified atom stereocenters. The average Bonchev–Trinajstić information content (AvgIpc) is 2.85. The average molecular weight is 212 g/mol. The Balaban J connectivity index is 1.69. The van der Waals surface area contributed by atoms with Crippen LogP contribution in [0.5, 0.6) is 0 Å². The fourth-order valence-electron chi connectivity index (χ4n) is 2.57. The molecule has 0 bridgehead atoms. The minimum atomic E-state index is 0.619. The fourth-order valence-corrected chi connectivity index (χ4v) is 2.57. The molecule has 0 spiro atoms. The largest absolute Gasteiger partial charge is 0.380 e. The second-order valence-corrected chi connectivity index (χ2v) is 5.23. The van der Waals surface area contributed by atoms with Gasteiger partial charge in [0.15, 0.2) is 0 Å². The van der Waals surface area contributed by atoms with Gasteiger partial charge < -0.3 is 10.1 Å². The Morgan fingerprint density at radius 1 is 1.40 bits per heavy atom. The zero-order valence-corrected chi connectivity index (χ0v) is 10.0. The van der Waals surface area contributed by atoms with E-state index < -0.39 is 0 Å². The van der Waals surface area contributed by atoms with Gasteiger partial charge in [0, 0.05) is 25.2 Å². The van der Waals surface area contributed by atoms with E-state index in [1.54, 1.807) is 0 Å². The van der Waals surface area contributed by atoms with Crippen LogP contribution in [-0.4, -0.2) is 49.8 Å². The molecule has 2 fully saturated rings. The molecule has 2 atom stereocenters. The molecule has 2 saturated heterocycles. The highest BCUT2D eigenvalue weighted by atomic mass is 16.5. The third kappa shape index (κ3) is 3.16. The molecule has 0 saturated carbocycles. The molecule has 2 rings (SSSR count). The fraction of sp³-hybridized carbons (Fsp3) is 1.00. The van der Waals surface area contributed by atoms with Crippen LogP contribution in [0.3, 0.4) is 0 Å².